The molecule has 18 heavy (non-hydrogen) atoms. The number of H-pyrrole nitrogens is 1. The summed E-state index contributed by atoms with van der Waals surface area (Å²) in [5.41, 5.74) is 1.77. The summed E-state index contributed by atoms with van der Waals surface area (Å²) in [6.45, 7) is 6.27. The molecular formula is C12H15N5O. The first-order valence-corrected chi connectivity index (χ1v) is 5.63. The largest absolute Gasteiger partial charge is 0.319 e. The van der Waals surface area contributed by atoms with Gasteiger partial charge in [-0.1, -0.05) is 39.0 Å². The molecule has 6 nitrogen and oxygen atoms in total. The normalized spacial score (nSPS) is 11.3. The zero-order chi connectivity index (χ0) is 13.2. The molecule has 0 aliphatic heterocycles. The van der Waals surface area contributed by atoms with E-state index >= 15 is 0 Å². The predicted octanol–water partition coefficient (Wildman–Crippen LogP) is 1.75. The highest BCUT2D eigenvalue weighted by Gasteiger charge is 2.19. The number of anilines is 1. The van der Waals surface area contributed by atoms with Gasteiger partial charge in [0.15, 0.2) is 0 Å². The summed E-state index contributed by atoms with van der Waals surface area (Å²) in [5, 5.41) is 15.7. The van der Waals surface area contributed by atoms with Crippen molar-refractivity contribution in [3.63, 3.8) is 0 Å². The Balaban J connectivity index is 2.27. The Morgan fingerprint density at radius 3 is 2.61 bits per heavy atom. The van der Waals surface area contributed by atoms with Gasteiger partial charge in [0, 0.05) is 5.69 Å². The minimum Gasteiger partial charge on any atom is -0.319 e. The molecule has 2 N–H and O–H groups in total. The summed E-state index contributed by atoms with van der Waals surface area (Å²) in [7, 11) is 0. The molecule has 1 aromatic carbocycles. The highest BCUT2D eigenvalue weighted by Crippen LogP contribution is 2.29. The highest BCUT2D eigenvalue weighted by atomic mass is 16.2. The van der Waals surface area contributed by atoms with E-state index in [1.54, 1.807) is 0 Å². The van der Waals surface area contributed by atoms with Crippen LogP contribution in [0.25, 0.3) is 0 Å². The van der Waals surface area contributed by atoms with Gasteiger partial charge in [0.05, 0.1) is 0 Å². The molecule has 1 aromatic heterocycles. The lowest BCUT2D eigenvalue weighted by molar-refractivity contribution is 0.101. The lowest BCUT2D eigenvalue weighted by atomic mass is 9.86. The summed E-state index contributed by atoms with van der Waals surface area (Å²) in [5.74, 6) is -0.348. The second-order valence-electron chi connectivity index (χ2n) is 4.99. The average molecular weight is 245 g/mol. The Kier molecular flexibility index (Phi) is 3.10. The Bertz CT molecular complexity index is 542. The fourth-order valence-corrected chi connectivity index (χ4v) is 1.68. The van der Waals surface area contributed by atoms with E-state index in [9.17, 15) is 4.79 Å². The first-order valence-electron chi connectivity index (χ1n) is 5.63. The molecule has 0 atom stereocenters. The standard InChI is InChI=1S/C12H15N5O/c1-12(2,3)8-6-4-5-7-9(8)13-11(18)10-14-16-17-15-10/h4-7H,1-3H3,(H,13,18)(H,14,15,16,17). The summed E-state index contributed by atoms with van der Waals surface area (Å²) >= 11 is 0. The van der Waals surface area contributed by atoms with Gasteiger partial charge in [0.2, 0.25) is 0 Å². The van der Waals surface area contributed by atoms with Crippen LogP contribution in [0.4, 0.5) is 5.69 Å². The molecule has 0 unspecified atom stereocenters. The fourth-order valence-electron chi connectivity index (χ4n) is 1.68. The zero-order valence-corrected chi connectivity index (χ0v) is 10.6. The van der Waals surface area contributed by atoms with Crippen molar-refractivity contribution in [2.75, 3.05) is 5.32 Å². The molecule has 0 aliphatic carbocycles. The van der Waals surface area contributed by atoms with E-state index < -0.39 is 0 Å². The van der Waals surface area contributed by atoms with Crippen LogP contribution in [0.2, 0.25) is 0 Å². The van der Waals surface area contributed by atoms with Crippen LogP contribution in [0, 0.1) is 0 Å². The Morgan fingerprint density at radius 1 is 1.28 bits per heavy atom. The minimum atomic E-state index is -0.375. The second kappa shape index (κ2) is 4.56. The number of para-hydroxylation sites is 1. The van der Waals surface area contributed by atoms with Crippen molar-refractivity contribution in [1.82, 2.24) is 20.6 Å². The molecule has 0 spiro atoms. The second-order valence-corrected chi connectivity index (χ2v) is 4.99. The average Bonchev–Trinajstić information content (AvgIpc) is 2.81. The summed E-state index contributed by atoms with van der Waals surface area (Å²) in [6, 6.07) is 7.68. The van der Waals surface area contributed by atoms with Gasteiger partial charge in [-0.15, -0.1) is 10.2 Å². The highest BCUT2D eigenvalue weighted by molar-refractivity contribution is 6.01. The number of hydrogen-bond donors (Lipinski definition) is 2. The third kappa shape index (κ3) is 2.53. The molecule has 1 heterocycles. The molecule has 1 amide bonds. The molecule has 0 saturated carbocycles. The van der Waals surface area contributed by atoms with Crippen LogP contribution in [0.5, 0.6) is 0 Å². The van der Waals surface area contributed by atoms with Crippen LogP contribution in [-0.2, 0) is 5.41 Å². The van der Waals surface area contributed by atoms with E-state index in [0.717, 1.165) is 11.3 Å². The van der Waals surface area contributed by atoms with Gasteiger partial charge in [0.25, 0.3) is 11.7 Å². The van der Waals surface area contributed by atoms with Gasteiger partial charge in [-0.05, 0) is 22.3 Å². The number of tetrazole rings is 1. The van der Waals surface area contributed by atoms with Gasteiger partial charge in [-0.2, -0.15) is 5.21 Å². The van der Waals surface area contributed by atoms with Crippen molar-refractivity contribution in [2.45, 2.75) is 26.2 Å². The van der Waals surface area contributed by atoms with Crippen LogP contribution < -0.4 is 5.32 Å². The molecule has 6 heteroatoms. The maximum absolute atomic E-state index is 11.9. The van der Waals surface area contributed by atoms with Crippen LogP contribution in [-0.4, -0.2) is 26.5 Å². The quantitative estimate of drug-likeness (QED) is 0.844. The SMILES string of the molecule is CC(C)(C)c1ccccc1NC(=O)c1nn[nH]n1. The number of rotatable bonds is 2. The number of nitrogens with one attached hydrogen (secondary N) is 2. The molecule has 0 radical (unpaired) electrons. The third-order valence-corrected chi connectivity index (χ3v) is 2.53. The van der Waals surface area contributed by atoms with E-state index in [0.29, 0.717) is 0 Å². The number of amides is 1. The molecule has 94 valence electrons. The number of hydrogen-bond acceptors (Lipinski definition) is 4. The van der Waals surface area contributed by atoms with E-state index in [2.05, 4.69) is 46.7 Å². The third-order valence-electron chi connectivity index (χ3n) is 2.53. The topological polar surface area (TPSA) is 83.6 Å². The van der Waals surface area contributed by atoms with Gasteiger partial charge in [-0.3, -0.25) is 4.79 Å². The predicted molar refractivity (Wildman–Crippen MR) is 67.3 cm³/mol. The van der Waals surface area contributed by atoms with Crippen LogP contribution in [0.1, 0.15) is 37.0 Å². The molecule has 0 aliphatic rings. The van der Waals surface area contributed by atoms with Crippen molar-refractivity contribution in [2.24, 2.45) is 0 Å². The first kappa shape index (κ1) is 12.2. The van der Waals surface area contributed by atoms with Gasteiger partial charge in [0.1, 0.15) is 0 Å². The van der Waals surface area contributed by atoms with Gasteiger partial charge < -0.3 is 5.32 Å². The van der Waals surface area contributed by atoms with Gasteiger partial charge >= 0.3 is 0 Å². The van der Waals surface area contributed by atoms with E-state index in [-0.39, 0.29) is 17.1 Å². The molecule has 2 aromatic rings. The smallest absolute Gasteiger partial charge is 0.297 e. The van der Waals surface area contributed by atoms with Crippen molar-refractivity contribution in [3.8, 4) is 0 Å². The molecular weight excluding hydrogens is 230 g/mol. The molecule has 0 saturated heterocycles. The summed E-state index contributed by atoms with van der Waals surface area (Å²) in [6.07, 6.45) is 0. The maximum Gasteiger partial charge on any atom is 0.297 e. The van der Waals surface area contributed by atoms with Crippen molar-refractivity contribution in [1.29, 1.82) is 0 Å². The van der Waals surface area contributed by atoms with Crippen LogP contribution in [0.15, 0.2) is 24.3 Å². The Labute approximate surface area is 105 Å². The molecule has 0 fully saturated rings. The summed E-state index contributed by atoms with van der Waals surface area (Å²) in [4.78, 5) is 11.9. The monoisotopic (exact) mass is 245 g/mol. The van der Waals surface area contributed by atoms with Crippen LogP contribution >= 0.6 is 0 Å². The lowest BCUT2D eigenvalue weighted by Gasteiger charge is -2.22. The fraction of sp³-hybridized carbons (Fsp3) is 0.333. The maximum atomic E-state index is 11.9. The molecule has 0 bridgehead atoms. The molecule has 2 rings (SSSR count). The summed E-state index contributed by atoms with van der Waals surface area (Å²) < 4.78 is 0. The van der Waals surface area contributed by atoms with Gasteiger partial charge in [-0.25, -0.2) is 0 Å². The minimum absolute atomic E-state index is 0.0266. The Morgan fingerprint density at radius 2 is 2.00 bits per heavy atom. The van der Waals surface area contributed by atoms with E-state index in [1.165, 1.54) is 0 Å². The number of carbonyl (C=O) groups is 1. The lowest BCUT2D eigenvalue weighted by Crippen LogP contribution is -2.19. The van der Waals surface area contributed by atoms with Crippen molar-refractivity contribution in [3.05, 3.63) is 35.7 Å². The zero-order valence-electron chi connectivity index (χ0n) is 10.6. The number of nitrogens with zero attached hydrogens (tertiary/aromatic N) is 3. The number of aromatic amines is 1. The number of aromatic nitrogens is 4. The number of carbonyl (C=O) groups excluding carboxylic acids is 1. The van der Waals surface area contributed by atoms with Crippen LogP contribution in [0.3, 0.4) is 0 Å². The number of benzene rings is 1. The van der Waals surface area contributed by atoms with E-state index in [1.807, 2.05) is 24.3 Å². The first-order chi connectivity index (χ1) is 8.48. The Hall–Kier alpha value is -2.24. The van der Waals surface area contributed by atoms with Crippen molar-refractivity contribution >= 4 is 11.6 Å². The van der Waals surface area contributed by atoms with Crippen molar-refractivity contribution < 1.29 is 4.79 Å². The van der Waals surface area contributed by atoms with E-state index in [4.69, 9.17) is 0 Å².